The molecule has 1 saturated carbocycles. The van der Waals surface area contributed by atoms with Gasteiger partial charge in [-0.3, -0.25) is 13.9 Å². The summed E-state index contributed by atoms with van der Waals surface area (Å²) >= 11 is 11.9. The first-order valence-corrected chi connectivity index (χ1v) is 14.7. The highest BCUT2D eigenvalue weighted by atomic mass is 35.5. The van der Waals surface area contributed by atoms with Crippen molar-refractivity contribution >= 4 is 50.7 Å². The number of nitrogens with one attached hydrogen (secondary N) is 1. The van der Waals surface area contributed by atoms with Crippen LogP contribution in [-0.2, 0) is 26.2 Å². The van der Waals surface area contributed by atoms with Gasteiger partial charge in [0.15, 0.2) is 0 Å². The van der Waals surface area contributed by atoms with Gasteiger partial charge in [-0.25, -0.2) is 8.42 Å². The van der Waals surface area contributed by atoms with Crippen molar-refractivity contribution in [1.29, 1.82) is 0 Å². The number of rotatable bonds is 11. The van der Waals surface area contributed by atoms with Gasteiger partial charge in [0.25, 0.3) is 0 Å². The molecule has 0 spiro atoms. The largest absolute Gasteiger partial charge is 0.352 e. The van der Waals surface area contributed by atoms with E-state index in [0.29, 0.717) is 22.2 Å². The number of halogens is 2. The zero-order chi connectivity index (χ0) is 26.3. The zero-order valence-corrected chi connectivity index (χ0v) is 23.0. The van der Waals surface area contributed by atoms with Crippen LogP contribution in [0.4, 0.5) is 5.69 Å². The molecule has 0 heterocycles. The monoisotopic (exact) mass is 553 g/mol. The predicted molar refractivity (Wildman–Crippen MR) is 145 cm³/mol. The highest BCUT2D eigenvalue weighted by Crippen LogP contribution is 2.22. The highest BCUT2D eigenvalue weighted by molar-refractivity contribution is 7.92. The average molecular weight is 555 g/mol. The fraction of sp³-hybridized carbons (Fsp3) is 0.462. The number of sulfonamides is 1. The minimum absolute atomic E-state index is 0.0915. The number of hydrogen-bond donors (Lipinski definition) is 1. The third kappa shape index (κ3) is 8.11. The Hall–Kier alpha value is -2.29. The molecule has 196 valence electrons. The quantitative estimate of drug-likeness (QED) is 0.423. The van der Waals surface area contributed by atoms with Gasteiger partial charge in [0.1, 0.15) is 6.04 Å². The Labute approximate surface area is 223 Å². The lowest BCUT2D eigenvalue weighted by molar-refractivity contribution is -0.141. The van der Waals surface area contributed by atoms with Crippen molar-refractivity contribution in [1.82, 2.24) is 10.2 Å². The van der Waals surface area contributed by atoms with E-state index in [-0.39, 0.29) is 37.4 Å². The molecule has 0 unspecified atom stereocenters. The number of anilines is 1. The number of benzene rings is 2. The lowest BCUT2D eigenvalue weighted by Gasteiger charge is -2.30. The Morgan fingerprint density at radius 2 is 1.56 bits per heavy atom. The Balaban J connectivity index is 1.70. The van der Waals surface area contributed by atoms with E-state index in [1.165, 1.54) is 4.31 Å². The molecule has 1 atom stereocenters. The van der Waals surface area contributed by atoms with Crippen LogP contribution in [0.25, 0.3) is 0 Å². The first-order valence-electron chi connectivity index (χ1n) is 12.1. The second-order valence-electron chi connectivity index (χ2n) is 9.23. The van der Waals surface area contributed by atoms with E-state index >= 15 is 0 Å². The number of nitrogens with zero attached hydrogens (tertiary/aromatic N) is 2. The maximum Gasteiger partial charge on any atom is 0.242 e. The first kappa shape index (κ1) is 28.3. The lowest BCUT2D eigenvalue weighted by atomic mass is 10.1. The summed E-state index contributed by atoms with van der Waals surface area (Å²) in [4.78, 5) is 27.9. The number of carbonyl (C=O) groups excluding carboxylic acids is 2. The molecule has 1 N–H and O–H groups in total. The van der Waals surface area contributed by atoms with Gasteiger partial charge < -0.3 is 10.2 Å². The van der Waals surface area contributed by atoms with E-state index in [1.807, 2.05) is 12.1 Å². The molecule has 2 aromatic rings. The molecule has 2 amide bonds. The Kier molecular flexibility index (Phi) is 10.0. The number of hydrogen-bond acceptors (Lipinski definition) is 4. The fourth-order valence-electron chi connectivity index (χ4n) is 4.37. The topological polar surface area (TPSA) is 86.8 Å². The summed E-state index contributed by atoms with van der Waals surface area (Å²) in [6.07, 6.45) is 5.61. The molecule has 7 nitrogen and oxygen atoms in total. The molecule has 1 aliphatic carbocycles. The normalized spacial score (nSPS) is 14.9. The van der Waals surface area contributed by atoms with Gasteiger partial charge in [-0.2, -0.15) is 0 Å². The van der Waals surface area contributed by atoms with Crippen LogP contribution in [0.1, 0.15) is 51.0 Å². The second-order valence-corrected chi connectivity index (χ2v) is 12.0. The Morgan fingerprint density at radius 3 is 2.11 bits per heavy atom. The van der Waals surface area contributed by atoms with E-state index in [1.54, 1.807) is 48.2 Å². The van der Waals surface area contributed by atoms with E-state index in [0.717, 1.165) is 37.5 Å². The van der Waals surface area contributed by atoms with Gasteiger partial charge in [0.05, 0.1) is 11.9 Å². The fourth-order valence-corrected chi connectivity index (χ4v) is 5.59. The third-order valence-electron chi connectivity index (χ3n) is 6.40. The Bertz CT molecular complexity index is 1130. The molecule has 0 saturated heterocycles. The molecule has 0 aliphatic heterocycles. The van der Waals surface area contributed by atoms with Crippen molar-refractivity contribution in [3.05, 3.63) is 64.1 Å². The summed E-state index contributed by atoms with van der Waals surface area (Å²) in [6.45, 7) is 2.11. The maximum atomic E-state index is 13.3. The van der Waals surface area contributed by atoms with E-state index in [4.69, 9.17) is 23.2 Å². The molecule has 2 aromatic carbocycles. The van der Waals surface area contributed by atoms with Crippen molar-refractivity contribution in [3.8, 4) is 0 Å². The van der Waals surface area contributed by atoms with Crippen molar-refractivity contribution < 1.29 is 18.0 Å². The van der Waals surface area contributed by atoms with Crippen LogP contribution in [0.5, 0.6) is 0 Å². The summed E-state index contributed by atoms with van der Waals surface area (Å²) in [7, 11) is -3.56. The van der Waals surface area contributed by atoms with Gasteiger partial charge in [-0.1, -0.05) is 48.2 Å². The summed E-state index contributed by atoms with van der Waals surface area (Å²) < 4.78 is 26.0. The van der Waals surface area contributed by atoms with Crippen molar-refractivity contribution in [2.45, 2.75) is 64.1 Å². The SMILES string of the molecule is C[C@H](C(=O)NC1CCCC1)N(Cc1ccc(Cl)cc1)C(=O)CCCN(c1ccc(Cl)cc1)S(C)(=O)=O. The molecule has 1 aliphatic rings. The zero-order valence-electron chi connectivity index (χ0n) is 20.6. The van der Waals surface area contributed by atoms with E-state index in [9.17, 15) is 18.0 Å². The molecule has 10 heteroatoms. The van der Waals surface area contributed by atoms with Crippen molar-refractivity contribution in [2.24, 2.45) is 0 Å². The van der Waals surface area contributed by atoms with Crippen molar-refractivity contribution in [3.63, 3.8) is 0 Å². The number of carbonyl (C=O) groups is 2. The molecular weight excluding hydrogens is 521 g/mol. The Morgan fingerprint density at radius 1 is 1.00 bits per heavy atom. The minimum Gasteiger partial charge on any atom is -0.352 e. The van der Waals surface area contributed by atoms with E-state index < -0.39 is 16.1 Å². The van der Waals surface area contributed by atoms with Crippen LogP contribution in [0.15, 0.2) is 48.5 Å². The summed E-state index contributed by atoms with van der Waals surface area (Å²) in [6, 6.07) is 13.1. The molecular formula is C26H33Cl2N3O4S. The van der Waals surface area contributed by atoms with Gasteiger partial charge in [-0.05, 0) is 68.1 Å². The predicted octanol–water partition coefficient (Wildman–Crippen LogP) is 5.02. The van der Waals surface area contributed by atoms with Gasteiger partial charge in [0, 0.05) is 35.6 Å². The van der Waals surface area contributed by atoms with Crippen LogP contribution < -0.4 is 9.62 Å². The van der Waals surface area contributed by atoms with Crippen LogP contribution in [-0.4, -0.2) is 50.0 Å². The lowest BCUT2D eigenvalue weighted by Crippen LogP contribution is -2.49. The molecule has 0 aromatic heterocycles. The molecule has 0 radical (unpaired) electrons. The second kappa shape index (κ2) is 12.8. The summed E-state index contributed by atoms with van der Waals surface area (Å²) in [5, 5.41) is 4.17. The number of amides is 2. The standard InChI is InChI=1S/C26H33Cl2N3O4S/c1-19(26(33)29-23-6-3-4-7-23)30(18-20-9-11-21(27)12-10-20)25(32)8-5-17-31(36(2,34)35)24-15-13-22(28)14-16-24/h9-16,19,23H,3-8,17-18H2,1-2H3,(H,29,33)/t19-/m1/s1. The van der Waals surface area contributed by atoms with Gasteiger partial charge >= 0.3 is 0 Å². The molecule has 0 bridgehead atoms. The molecule has 1 fully saturated rings. The minimum atomic E-state index is -3.56. The van der Waals surface area contributed by atoms with Crippen LogP contribution in [0.3, 0.4) is 0 Å². The maximum absolute atomic E-state index is 13.3. The third-order valence-corrected chi connectivity index (χ3v) is 8.10. The van der Waals surface area contributed by atoms with Crippen LogP contribution in [0.2, 0.25) is 10.0 Å². The van der Waals surface area contributed by atoms with Gasteiger partial charge in [0.2, 0.25) is 21.8 Å². The molecule has 36 heavy (non-hydrogen) atoms. The smallest absolute Gasteiger partial charge is 0.242 e. The van der Waals surface area contributed by atoms with Crippen molar-refractivity contribution in [2.75, 3.05) is 17.1 Å². The summed E-state index contributed by atoms with van der Waals surface area (Å²) in [5.41, 5.74) is 1.34. The highest BCUT2D eigenvalue weighted by Gasteiger charge is 2.28. The van der Waals surface area contributed by atoms with Gasteiger partial charge in [-0.15, -0.1) is 0 Å². The van der Waals surface area contributed by atoms with E-state index in [2.05, 4.69) is 5.32 Å². The first-order chi connectivity index (χ1) is 17.0. The average Bonchev–Trinajstić information content (AvgIpc) is 3.34. The van der Waals surface area contributed by atoms with Crippen LogP contribution in [0, 0.1) is 0 Å². The summed E-state index contributed by atoms with van der Waals surface area (Å²) in [5.74, 6) is -0.397. The molecule has 3 rings (SSSR count). The van der Waals surface area contributed by atoms with Crippen LogP contribution >= 0.6 is 23.2 Å².